The van der Waals surface area contributed by atoms with Crippen LogP contribution in [0.25, 0.3) is 22.0 Å². The normalized spacial score (nSPS) is 19.2. The number of halogens is 1. The first kappa shape index (κ1) is 19.4. The maximum atomic E-state index is 13.0. The molecule has 0 aliphatic heterocycles. The molecule has 1 amide bonds. The summed E-state index contributed by atoms with van der Waals surface area (Å²) in [5.41, 5.74) is 3.30. The maximum absolute atomic E-state index is 13.0. The molecule has 150 valence electrons. The lowest BCUT2D eigenvalue weighted by Crippen LogP contribution is -2.15. The number of amides is 1. The van der Waals surface area contributed by atoms with E-state index in [2.05, 4.69) is 20.3 Å². The van der Waals surface area contributed by atoms with E-state index in [0.717, 1.165) is 34.0 Å². The average Bonchev–Trinajstić information content (AvgIpc) is 3.44. The number of hydrogen-bond acceptors (Lipinski definition) is 5. The highest BCUT2D eigenvalue weighted by atomic mass is 19.1. The number of aromatic nitrogens is 3. The summed E-state index contributed by atoms with van der Waals surface area (Å²) in [6.07, 6.45) is 5.38. The van der Waals surface area contributed by atoms with E-state index in [1.165, 1.54) is 0 Å². The highest BCUT2D eigenvalue weighted by Gasteiger charge is 2.43. The molecular formula is C22H23FN4O2. The monoisotopic (exact) mass is 394 g/mol. The summed E-state index contributed by atoms with van der Waals surface area (Å²) >= 11 is 0. The molecule has 0 spiro atoms. The number of aryl methyl sites for hydroxylation is 1. The van der Waals surface area contributed by atoms with Crippen LogP contribution in [0, 0.1) is 12.8 Å². The number of pyridine rings is 3. The van der Waals surface area contributed by atoms with E-state index in [9.17, 15) is 14.3 Å². The third-order valence-electron chi connectivity index (χ3n) is 5.22. The molecule has 3 aromatic heterocycles. The fraction of sp³-hybridized carbons (Fsp3) is 0.364. The predicted octanol–water partition coefficient (Wildman–Crippen LogP) is 4.13. The van der Waals surface area contributed by atoms with Gasteiger partial charge in [0.2, 0.25) is 5.91 Å². The van der Waals surface area contributed by atoms with Crippen LogP contribution < -0.4 is 5.32 Å². The second kappa shape index (κ2) is 7.83. The summed E-state index contributed by atoms with van der Waals surface area (Å²) in [6.45, 7) is 4.00. The largest absolute Gasteiger partial charge is 0.387 e. The number of aliphatic hydroxyl groups is 1. The maximum Gasteiger partial charge on any atom is 0.231 e. The number of rotatable bonds is 6. The van der Waals surface area contributed by atoms with Gasteiger partial charge in [0.1, 0.15) is 12.0 Å². The van der Waals surface area contributed by atoms with Crippen molar-refractivity contribution >= 4 is 22.5 Å². The molecule has 3 atom stereocenters. The topological polar surface area (TPSA) is 88.0 Å². The zero-order valence-corrected chi connectivity index (χ0v) is 16.4. The zero-order chi connectivity index (χ0) is 20.5. The van der Waals surface area contributed by atoms with Gasteiger partial charge in [-0.2, -0.15) is 0 Å². The molecule has 2 N–H and O–H groups in total. The van der Waals surface area contributed by atoms with Gasteiger partial charge in [0.15, 0.2) is 0 Å². The van der Waals surface area contributed by atoms with Gasteiger partial charge in [-0.3, -0.25) is 14.8 Å². The number of carbonyl (C=O) groups excluding carboxylic acids is 1. The van der Waals surface area contributed by atoms with Crippen molar-refractivity contribution in [2.75, 3.05) is 5.32 Å². The van der Waals surface area contributed by atoms with Crippen molar-refractivity contribution in [2.24, 2.45) is 5.92 Å². The minimum Gasteiger partial charge on any atom is -0.387 e. The highest BCUT2D eigenvalue weighted by molar-refractivity contribution is 5.96. The quantitative estimate of drug-likeness (QED) is 0.656. The molecule has 1 saturated carbocycles. The Morgan fingerprint density at radius 3 is 2.62 bits per heavy atom. The minimum atomic E-state index is -1.04. The minimum absolute atomic E-state index is 0.284. The van der Waals surface area contributed by atoms with Crippen LogP contribution in [0.4, 0.5) is 10.2 Å². The Labute approximate surface area is 168 Å². The molecule has 29 heavy (non-hydrogen) atoms. The van der Waals surface area contributed by atoms with E-state index in [4.69, 9.17) is 0 Å². The molecule has 0 radical (unpaired) electrons. The number of hydrogen-bond donors (Lipinski definition) is 2. The lowest BCUT2D eigenvalue weighted by Gasteiger charge is -2.12. The van der Waals surface area contributed by atoms with Crippen LogP contribution in [0.1, 0.15) is 43.5 Å². The molecule has 1 aliphatic carbocycles. The van der Waals surface area contributed by atoms with E-state index in [1.54, 1.807) is 24.7 Å². The summed E-state index contributed by atoms with van der Waals surface area (Å²) in [4.78, 5) is 25.1. The van der Waals surface area contributed by atoms with Crippen LogP contribution in [0.15, 0.2) is 36.8 Å². The standard InChI is InChI=1S/C22H23FN4O2/c1-3-4-20(28)19-5-12(2)16(11-25-19)18-6-13-10-26-21(7-14(13)9-24-18)27-22(29)15-8-17(15)23/h5-7,9-11,15,17,20,28H,3-4,8H2,1-2H3,(H,26,27,29)/t15-,17+,20+/m1/s1. The SMILES string of the molecule is CCC[C@H](O)c1cc(C)c(-c2cc3cnc(NC(=O)[C@@H]4C[C@@H]4F)cc3cn2)cn1. The van der Waals surface area contributed by atoms with E-state index in [1.807, 2.05) is 26.0 Å². The van der Waals surface area contributed by atoms with Gasteiger partial charge >= 0.3 is 0 Å². The van der Waals surface area contributed by atoms with Crippen molar-refractivity contribution in [1.82, 2.24) is 15.0 Å². The Kier molecular flexibility index (Phi) is 5.24. The van der Waals surface area contributed by atoms with Crippen molar-refractivity contribution in [1.29, 1.82) is 0 Å². The highest BCUT2D eigenvalue weighted by Crippen LogP contribution is 2.34. The molecule has 0 aromatic carbocycles. The van der Waals surface area contributed by atoms with Crippen molar-refractivity contribution in [3.05, 3.63) is 48.0 Å². The van der Waals surface area contributed by atoms with Gasteiger partial charge < -0.3 is 10.4 Å². The van der Waals surface area contributed by atoms with Gasteiger partial charge in [-0.25, -0.2) is 9.37 Å². The summed E-state index contributed by atoms with van der Waals surface area (Å²) in [5, 5.41) is 14.5. The van der Waals surface area contributed by atoms with Crippen molar-refractivity contribution in [3.63, 3.8) is 0 Å². The van der Waals surface area contributed by atoms with Gasteiger partial charge in [-0.1, -0.05) is 13.3 Å². The number of aliphatic hydroxyl groups excluding tert-OH is 1. The van der Waals surface area contributed by atoms with Crippen LogP contribution >= 0.6 is 0 Å². The first-order valence-corrected chi connectivity index (χ1v) is 9.82. The Balaban J connectivity index is 1.57. The molecule has 7 heteroatoms. The van der Waals surface area contributed by atoms with E-state index in [-0.39, 0.29) is 12.3 Å². The van der Waals surface area contributed by atoms with Crippen LogP contribution in [0.5, 0.6) is 0 Å². The van der Waals surface area contributed by atoms with Gasteiger partial charge in [-0.15, -0.1) is 0 Å². The van der Waals surface area contributed by atoms with Crippen LogP contribution in [-0.4, -0.2) is 32.1 Å². The molecule has 0 unspecified atom stereocenters. The number of anilines is 1. The average molecular weight is 394 g/mol. The number of alkyl halides is 1. The van der Waals surface area contributed by atoms with Crippen molar-refractivity contribution in [2.45, 2.75) is 45.4 Å². The first-order chi connectivity index (χ1) is 14.0. The van der Waals surface area contributed by atoms with E-state index >= 15 is 0 Å². The molecule has 1 aliphatic rings. The molecule has 0 saturated heterocycles. The summed E-state index contributed by atoms with van der Waals surface area (Å²) in [7, 11) is 0. The van der Waals surface area contributed by atoms with Gasteiger partial charge in [0.25, 0.3) is 0 Å². The molecule has 3 heterocycles. The second-order valence-corrected chi connectivity index (χ2v) is 7.56. The van der Waals surface area contributed by atoms with Gasteiger partial charge in [-0.05, 0) is 43.5 Å². The molecule has 0 bridgehead atoms. The second-order valence-electron chi connectivity index (χ2n) is 7.56. The molecular weight excluding hydrogens is 371 g/mol. The Bertz CT molecular complexity index is 1070. The lowest BCUT2D eigenvalue weighted by molar-refractivity contribution is -0.117. The summed E-state index contributed by atoms with van der Waals surface area (Å²) < 4.78 is 13.0. The number of fused-ring (bicyclic) bond motifs is 1. The summed E-state index contributed by atoms with van der Waals surface area (Å²) in [5.74, 6) is -0.494. The van der Waals surface area contributed by atoms with Gasteiger partial charge in [0, 0.05) is 34.9 Å². The first-order valence-electron chi connectivity index (χ1n) is 9.82. The predicted molar refractivity (Wildman–Crippen MR) is 109 cm³/mol. The molecule has 3 aromatic rings. The van der Waals surface area contributed by atoms with Crippen molar-refractivity contribution in [3.8, 4) is 11.3 Å². The number of nitrogens with zero attached hydrogens (tertiary/aromatic N) is 3. The molecule has 4 rings (SSSR count). The molecule has 1 fully saturated rings. The van der Waals surface area contributed by atoms with E-state index in [0.29, 0.717) is 17.9 Å². The third kappa shape index (κ3) is 4.10. The third-order valence-corrected chi connectivity index (χ3v) is 5.22. The lowest BCUT2D eigenvalue weighted by atomic mass is 10.0. The fourth-order valence-corrected chi connectivity index (χ4v) is 3.36. The fourth-order valence-electron chi connectivity index (χ4n) is 3.36. The van der Waals surface area contributed by atoms with E-state index < -0.39 is 18.2 Å². The van der Waals surface area contributed by atoms with Crippen LogP contribution in [0.3, 0.4) is 0 Å². The Hall–Kier alpha value is -2.93. The summed E-state index contributed by atoms with van der Waals surface area (Å²) in [6, 6.07) is 5.54. The zero-order valence-electron chi connectivity index (χ0n) is 16.4. The smallest absolute Gasteiger partial charge is 0.231 e. The number of carbonyl (C=O) groups is 1. The van der Waals surface area contributed by atoms with Gasteiger partial charge in [0.05, 0.1) is 23.4 Å². The van der Waals surface area contributed by atoms with Crippen LogP contribution in [-0.2, 0) is 4.79 Å². The molecule has 6 nitrogen and oxygen atoms in total. The van der Waals surface area contributed by atoms with Crippen LogP contribution in [0.2, 0.25) is 0 Å². The Morgan fingerprint density at radius 1 is 1.21 bits per heavy atom. The van der Waals surface area contributed by atoms with Crippen molar-refractivity contribution < 1.29 is 14.3 Å². The number of nitrogens with one attached hydrogen (secondary N) is 1. The Morgan fingerprint density at radius 2 is 1.93 bits per heavy atom.